The Morgan fingerprint density at radius 1 is 1.50 bits per heavy atom. The van der Waals surface area contributed by atoms with Gasteiger partial charge in [0.15, 0.2) is 0 Å². The molecule has 3 heteroatoms. The van der Waals surface area contributed by atoms with Gasteiger partial charge in [0.2, 0.25) is 0 Å². The van der Waals surface area contributed by atoms with Crippen LogP contribution in [0.15, 0.2) is 35.9 Å². The lowest BCUT2D eigenvalue weighted by Gasteiger charge is -2.07. The molecule has 0 amide bonds. The summed E-state index contributed by atoms with van der Waals surface area (Å²) >= 11 is 0. The molecule has 1 aromatic carbocycles. The van der Waals surface area contributed by atoms with Crippen LogP contribution in [0.25, 0.3) is 0 Å². The number of carboxylic acids is 1. The lowest BCUT2D eigenvalue weighted by molar-refractivity contribution is -0.131. The minimum absolute atomic E-state index is 0.305. The molecule has 0 aliphatic carbocycles. The van der Waals surface area contributed by atoms with Gasteiger partial charge in [-0.05, 0) is 36.6 Å². The van der Waals surface area contributed by atoms with Crippen LogP contribution in [0.3, 0.4) is 0 Å². The first-order chi connectivity index (χ1) is 7.61. The number of aliphatic carboxylic acids is 1. The highest BCUT2D eigenvalue weighted by Gasteiger charge is 1.98. The predicted octanol–water partition coefficient (Wildman–Crippen LogP) is 2.66. The number of ether oxygens (including phenoxy) is 1. The summed E-state index contributed by atoms with van der Waals surface area (Å²) in [6.07, 6.45) is 2.12. The van der Waals surface area contributed by atoms with Crippen LogP contribution >= 0.6 is 0 Å². The third-order valence-electron chi connectivity index (χ3n) is 2.14. The van der Waals surface area contributed by atoms with Gasteiger partial charge in [0.05, 0.1) is 0 Å². The fourth-order valence-corrected chi connectivity index (χ4v) is 1.30. The number of hydrogen-bond acceptors (Lipinski definition) is 2. The molecule has 1 N–H and O–H groups in total. The van der Waals surface area contributed by atoms with Crippen molar-refractivity contribution in [3.63, 3.8) is 0 Å². The zero-order valence-corrected chi connectivity index (χ0v) is 9.56. The van der Waals surface area contributed by atoms with Crippen molar-refractivity contribution in [1.29, 1.82) is 0 Å². The third kappa shape index (κ3) is 4.17. The Balaban J connectivity index is 2.57. The van der Waals surface area contributed by atoms with Gasteiger partial charge in [-0.2, -0.15) is 0 Å². The minimum atomic E-state index is -0.941. The number of hydrogen-bond donors (Lipinski definition) is 1. The Morgan fingerprint density at radius 3 is 2.88 bits per heavy atom. The number of carboxylic acid groups (broad SMARTS) is 1. The predicted molar refractivity (Wildman–Crippen MR) is 62.7 cm³/mol. The van der Waals surface area contributed by atoms with Crippen molar-refractivity contribution in [3.05, 3.63) is 41.5 Å². The molecule has 0 saturated carbocycles. The maximum atomic E-state index is 10.4. The maximum absolute atomic E-state index is 10.4. The molecule has 1 rings (SSSR count). The normalized spacial score (nSPS) is 11.2. The SMILES string of the molecule is CCc1cccc(OCC(C)=CC(=O)O)c1. The molecule has 0 bridgehead atoms. The van der Waals surface area contributed by atoms with E-state index >= 15 is 0 Å². The highest BCUT2D eigenvalue weighted by Crippen LogP contribution is 2.14. The average molecular weight is 220 g/mol. The van der Waals surface area contributed by atoms with E-state index in [4.69, 9.17) is 9.84 Å². The Morgan fingerprint density at radius 2 is 2.25 bits per heavy atom. The van der Waals surface area contributed by atoms with E-state index in [0.29, 0.717) is 12.2 Å². The van der Waals surface area contributed by atoms with Crippen LogP contribution < -0.4 is 4.74 Å². The second kappa shape index (κ2) is 5.95. The lowest BCUT2D eigenvalue weighted by Crippen LogP contribution is -2.01. The van der Waals surface area contributed by atoms with Gasteiger partial charge >= 0.3 is 5.97 Å². The monoisotopic (exact) mass is 220 g/mol. The van der Waals surface area contributed by atoms with Gasteiger partial charge in [-0.25, -0.2) is 4.79 Å². The van der Waals surface area contributed by atoms with E-state index in [1.54, 1.807) is 6.92 Å². The van der Waals surface area contributed by atoms with Gasteiger partial charge in [0.25, 0.3) is 0 Å². The Kier molecular flexibility index (Phi) is 4.58. The van der Waals surface area contributed by atoms with E-state index in [1.807, 2.05) is 24.3 Å². The highest BCUT2D eigenvalue weighted by atomic mass is 16.5. The summed E-state index contributed by atoms with van der Waals surface area (Å²) in [5, 5.41) is 8.53. The first kappa shape index (κ1) is 12.3. The van der Waals surface area contributed by atoms with Crippen LogP contribution in [0.2, 0.25) is 0 Å². The second-order valence-corrected chi connectivity index (χ2v) is 3.62. The third-order valence-corrected chi connectivity index (χ3v) is 2.14. The molecule has 0 spiro atoms. The van der Waals surface area contributed by atoms with Crippen LogP contribution in [0.5, 0.6) is 5.75 Å². The molecule has 0 aliphatic rings. The van der Waals surface area contributed by atoms with E-state index in [9.17, 15) is 4.79 Å². The van der Waals surface area contributed by atoms with Crippen LogP contribution in [0.4, 0.5) is 0 Å². The summed E-state index contributed by atoms with van der Waals surface area (Å²) in [6, 6.07) is 7.80. The van der Waals surface area contributed by atoms with Crippen molar-refractivity contribution >= 4 is 5.97 Å². The molecule has 0 unspecified atom stereocenters. The van der Waals surface area contributed by atoms with E-state index in [1.165, 1.54) is 5.56 Å². The van der Waals surface area contributed by atoms with E-state index < -0.39 is 5.97 Å². The number of benzene rings is 1. The van der Waals surface area contributed by atoms with Crippen LogP contribution in [-0.2, 0) is 11.2 Å². The van der Waals surface area contributed by atoms with Crippen LogP contribution in [-0.4, -0.2) is 17.7 Å². The summed E-state index contributed by atoms with van der Waals surface area (Å²) < 4.78 is 5.48. The molecule has 0 heterocycles. The van der Waals surface area contributed by atoms with Gasteiger partial charge in [-0.15, -0.1) is 0 Å². The molecule has 0 saturated heterocycles. The topological polar surface area (TPSA) is 46.5 Å². The fraction of sp³-hybridized carbons (Fsp3) is 0.308. The van der Waals surface area contributed by atoms with Crippen molar-refractivity contribution in [3.8, 4) is 5.75 Å². The molecule has 0 radical (unpaired) electrons. The molecule has 0 aromatic heterocycles. The molecular weight excluding hydrogens is 204 g/mol. The van der Waals surface area contributed by atoms with Crippen molar-refractivity contribution in [2.45, 2.75) is 20.3 Å². The quantitative estimate of drug-likeness (QED) is 0.776. The summed E-state index contributed by atoms with van der Waals surface area (Å²) in [5.41, 5.74) is 1.90. The molecule has 3 nitrogen and oxygen atoms in total. The van der Waals surface area contributed by atoms with Gasteiger partial charge in [0.1, 0.15) is 12.4 Å². The number of carbonyl (C=O) groups is 1. The standard InChI is InChI=1S/C13H16O3/c1-3-11-5-4-6-12(8-11)16-9-10(2)7-13(14)15/h4-8H,3,9H2,1-2H3,(H,14,15). The molecule has 0 fully saturated rings. The highest BCUT2D eigenvalue weighted by molar-refractivity contribution is 5.80. The van der Waals surface area contributed by atoms with Gasteiger partial charge in [-0.1, -0.05) is 19.1 Å². The van der Waals surface area contributed by atoms with E-state index in [0.717, 1.165) is 18.2 Å². The Hall–Kier alpha value is -1.77. The zero-order valence-electron chi connectivity index (χ0n) is 9.56. The van der Waals surface area contributed by atoms with Crippen molar-refractivity contribution < 1.29 is 14.6 Å². The first-order valence-corrected chi connectivity index (χ1v) is 5.23. The Bertz CT molecular complexity index is 394. The van der Waals surface area contributed by atoms with Crippen molar-refractivity contribution in [2.75, 3.05) is 6.61 Å². The molecule has 16 heavy (non-hydrogen) atoms. The van der Waals surface area contributed by atoms with Gasteiger partial charge < -0.3 is 9.84 Å². The average Bonchev–Trinajstić information content (AvgIpc) is 2.26. The van der Waals surface area contributed by atoms with E-state index in [-0.39, 0.29) is 0 Å². The summed E-state index contributed by atoms with van der Waals surface area (Å²) in [6.45, 7) is 4.12. The molecule has 0 aliphatic heterocycles. The van der Waals surface area contributed by atoms with Crippen LogP contribution in [0.1, 0.15) is 19.4 Å². The lowest BCUT2D eigenvalue weighted by atomic mass is 10.2. The largest absolute Gasteiger partial charge is 0.489 e. The van der Waals surface area contributed by atoms with Crippen molar-refractivity contribution in [2.24, 2.45) is 0 Å². The number of rotatable bonds is 5. The van der Waals surface area contributed by atoms with Gasteiger partial charge in [-0.3, -0.25) is 0 Å². The molecule has 1 aromatic rings. The van der Waals surface area contributed by atoms with E-state index in [2.05, 4.69) is 6.92 Å². The Labute approximate surface area is 95.4 Å². The fourth-order valence-electron chi connectivity index (χ4n) is 1.30. The molecule has 0 atom stereocenters. The summed E-state index contributed by atoms with van der Waals surface area (Å²) in [4.78, 5) is 10.4. The number of aryl methyl sites for hydroxylation is 1. The van der Waals surface area contributed by atoms with Gasteiger partial charge in [0, 0.05) is 6.08 Å². The first-order valence-electron chi connectivity index (χ1n) is 5.23. The smallest absolute Gasteiger partial charge is 0.328 e. The molecular formula is C13H16O3. The van der Waals surface area contributed by atoms with Crippen LogP contribution in [0, 0.1) is 0 Å². The maximum Gasteiger partial charge on any atom is 0.328 e. The minimum Gasteiger partial charge on any atom is -0.489 e. The summed E-state index contributed by atoms with van der Waals surface area (Å²) in [5.74, 6) is -0.166. The second-order valence-electron chi connectivity index (χ2n) is 3.62. The van der Waals surface area contributed by atoms with Crippen molar-refractivity contribution in [1.82, 2.24) is 0 Å². The zero-order chi connectivity index (χ0) is 12.0. The summed E-state index contributed by atoms with van der Waals surface area (Å²) in [7, 11) is 0. The molecule has 86 valence electrons.